The topological polar surface area (TPSA) is 72.3 Å². The highest BCUT2D eigenvalue weighted by Gasteiger charge is 2.22. The highest BCUT2D eigenvalue weighted by molar-refractivity contribution is 5.95. The number of nitrogens with zero attached hydrogens (tertiary/aromatic N) is 4. The highest BCUT2D eigenvalue weighted by atomic mass is 16.5. The molecule has 5 rings (SSSR count). The summed E-state index contributed by atoms with van der Waals surface area (Å²) >= 11 is 0. The number of aromatic nitrogens is 3. The maximum atomic E-state index is 12.1. The normalized spacial score (nSPS) is 14.7. The lowest BCUT2D eigenvalue weighted by atomic mass is 9.82. The largest absolute Gasteiger partial charge is 0.465 e. The molecule has 4 aromatic rings. The molecule has 1 atom stereocenters. The lowest BCUT2D eigenvalue weighted by Crippen LogP contribution is -2.20. The minimum absolute atomic E-state index is 0.357. The van der Waals surface area contributed by atoms with Crippen LogP contribution in [0.3, 0.4) is 0 Å². The molecular weight excluding hydrogens is 438 g/mol. The summed E-state index contributed by atoms with van der Waals surface area (Å²) in [5.41, 5.74) is 7.38. The second kappa shape index (κ2) is 10.0. The smallest absolute Gasteiger partial charge is 0.340 e. The average molecular weight is 468 g/mol. The van der Waals surface area contributed by atoms with Gasteiger partial charge in [0.15, 0.2) is 0 Å². The first kappa shape index (κ1) is 22.7. The van der Waals surface area contributed by atoms with Crippen LogP contribution < -0.4 is 10.2 Å². The number of carbonyl (C=O) groups excluding carboxylic acids is 1. The fraction of sp³-hybridized carbons (Fsp3) is 0.250. The van der Waals surface area contributed by atoms with Crippen LogP contribution in [-0.4, -0.2) is 41.2 Å². The zero-order chi connectivity index (χ0) is 24.2. The molecule has 1 aliphatic carbocycles. The van der Waals surface area contributed by atoms with Crippen molar-refractivity contribution in [3.63, 3.8) is 0 Å². The van der Waals surface area contributed by atoms with Crippen molar-refractivity contribution in [2.45, 2.75) is 25.2 Å². The molecule has 0 saturated carbocycles. The zero-order valence-corrected chi connectivity index (χ0v) is 20.0. The Bertz CT molecular complexity index is 1300. The van der Waals surface area contributed by atoms with E-state index in [-0.39, 0.29) is 5.97 Å². The number of esters is 1. The van der Waals surface area contributed by atoms with Gasteiger partial charge < -0.3 is 19.5 Å². The van der Waals surface area contributed by atoms with Crippen LogP contribution in [0.4, 0.5) is 17.1 Å². The van der Waals surface area contributed by atoms with Crippen molar-refractivity contribution in [1.29, 1.82) is 0 Å². The van der Waals surface area contributed by atoms with Gasteiger partial charge in [0.1, 0.15) is 0 Å². The van der Waals surface area contributed by atoms with Gasteiger partial charge >= 0.3 is 5.97 Å². The number of methoxy groups -OCH3 is 1. The molecule has 0 saturated heterocycles. The van der Waals surface area contributed by atoms with Gasteiger partial charge in [-0.25, -0.2) is 9.78 Å². The molecule has 0 bridgehead atoms. The molecule has 0 aliphatic heterocycles. The van der Waals surface area contributed by atoms with E-state index < -0.39 is 0 Å². The van der Waals surface area contributed by atoms with E-state index in [1.165, 1.54) is 23.9 Å². The van der Waals surface area contributed by atoms with Crippen LogP contribution in [0.5, 0.6) is 0 Å². The van der Waals surface area contributed by atoms with Gasteiger partial charge in [-0.3, -0.25) is 4.98 Å². The summed E-state index contributed by atoms with van der Waals surface area (Å²) in [4.78, 5) is 22.6. The molecule has 2 aromatic heterocycles. The van der Waals surface area contributed by atoms with Crippen LogP contribution in [-0.2, 0) is 11.2 Å². The third kappa shape index (κ3) is 4.75. The maximum Gasteiger partial charge on any atom is 0.340 e. The number of hydrogen-bond acceptors (Lipinski definition) is 6. The minimum atomic E-state index is -0.357. The van der Waals surface area contributed by atoms with Crippen LogP contribution in [0.15, 0.2) is 79.6 Å². The van der Waals surface area contributed by atoms with E-state index in [9.17, 15) is 4.79 Å². The number of benzene rings is 2. The van der Waals surface area contributed by atoms with Gasteiger partial charge in [0.2, 0.25) is 0 Å². The summed E-state index contributed by atoms with van der Waals surface area (Å²) in [5.74, 6) is 0.0166. The minimum Gasteiger partial charge on any atom is -0.465 e. The first-order chi connectivity index (χ1) is 17.1. The zero-order valence-electron chi connectivity index (χ0n) is 20.0. The summed E-state index contributed by atoms with van der Waals surface area (Å²) in [5, 5.41) is 3.44. The molecular formula is C28H29N5O2. The van der Waals surface area contributed by atoms with E-state index in [0.29, 0.717) is 17.2 Å². The fourth-order valence-corrected chi connectivity index (χ4v) is 4.79. The number of fused-ring (bicyclic) bond motifs is 1. The predicted molar refractivity (Wildman–Crippen MR) is 138 cm³/mol. The van der Waals surface area contributed by atoms with Crippen LogP contribution in [0, 0.1) is 0 Å². The summed E-state index contributed by atoms with van der Waals surface area (Å²) in [6, 6.07) is 16.9. The molecule has 178 valence electrons. The summed E-state index contributed by atoms with van der Waals surface area (Å²) in [6.07, 6.45) is 12.2. The molecule has 2 aromatic carbocycles. The van der Waals surface area contributed by atoms with E-state index in [2.05, 4.69) is 69.7 Å². The molecule has 0 amide bonds. The third-order valence-electron chi connectivity index (χ3n) is 6.76. The lowest BCUT2D eigenvalue weighted by Gasteiger charge is -2.28. The summed E-state index contributed by atoms with van der Waals surface area (Å²) < 4.78 is 6.90. The number of carbonyl (C=O) groups is 1. The molecule has 1 N–H and O–H groups in total. The molecule has 1 aliphatic rings. The number of pyridine rings is 1. The molecule has 0 unspecified atom stereocenters. The number of anilines is 3. The first-order valence-corrected chi connectivity index (χ1v) is 11.8. The van der Waals surface area contributed by atoms with Crippen molar-refractivity contribution in [1.82, 2.24) is 14.5 Å². The summed E-state index contributed by atoms with van der Waals surface area (Å²) in [7, 11) is 3.50. The molecule has 35 heavy (non-hydrogen) atoms. The van der Waals surface area contributed by atoms with Crippen molar-refractivity contribution < 1.29 is 9.53 Å². The Labute approximate surface area is 205 Å². The molecule has 0 fully saturated rings. The first-order valence-electron chi connectivity index (χ1n) is 11.8. The van der Waals surface area contributed by atoms with Crippen LogP contribution in [0.2, 0.25) is 0 Å². The SMILES string of the molecule is COC(=O)c1ccncc1NC[C@@H]1CCCc2cc(N(C)c3ccc(-n4ccnc4)cc3)ccc21. The highest BCUT2D eigenvalue weighted by Crippen LogP contribution is 2.35. The Hall–Kier alpha value is -4.13. The Morgan fingerprint density at radius 2 is 1.94 bits per heavy atom. The van der Waals surface area contributed by atoms with Crippen LogP contribution >= 0.6 is 0 Å². The molecule has 0 spiro atoms. The number of nitrogens with one attached hydrogen (secondary N) is 1. The van der Waals surface area contributed by atoms with E-state index in [0.717, 1.165) is 37.2 Å². The third-order valence-corrected chi connectivity index (χ3v) is 6.76. The van der Waals surface area contributed by atoms with E-state index in [4.69, 9.17) is 4.74 Å². The van der Waals surface area contributed by atoms with Crippen molar-refractivity contribution in [3.8, 4) is 5.69 Å². The lowest BCUT2D eigenvalue weighted by molar-refractivity contribution is 0.0601. The van der Waals surface area contributed by atoms with Crippen molar-refractivity contribution in [2.75, 3.05) is 30.9 Å². The Morgan fingerprint density at radius 3 is 2.71 bits per heavy atom. The van der Waals surface area contributed by atoms with Gasteiger partial charge in [-0.2, -0.15) is 0 Å². The van der Waals surface area contributed by atoms with E-state index >= 15 is 0 Å². The molecule has 7 heteroatoms. The van der Waals surface area contributed by atoms with Gasteiger partial charge in [-0.15, -0.1) is 0 Å². The van der Waals surface area contributed by atoms with Crippen LogP contribution in [0.25, 0.3) is 5.69 Å². The quantitative estimate of drug-likeness (QED) is 0.369. The molecule has 7 nitrogen and oxygen atoms in total. The molecule has 2 heterocycles. The maximum absolute atomic E-state index is 12.1. The van der Waals surface area contributed by atoms with Gasteiger partial charge in [-0.1, -0.05) is 6.07 Å². The Kier molecular flexibility index (Phi) is 6.48. The number of ether oxygens (including phenoxy) is 1. The number of imidazole rings is 1. The van der Waals surface area contributed by atoms with Gasteiger partial charge in [0.25, 0.3) is 0 Å². The average Bonchev–Trinajstić information content (AvgIpc) is 3.46. The van der Waals surface area contributed by atoms with Crippen molar-refractivity contribution >= 4 is 23.0 Å². The molecule has 0 radical (unpaired) electrons. The number of rotatable bonds is 7. The monoisotopic (exact) mass is 467 g/mol. The Morgan fingerprint density at radius 1 is 1.11 bits per heavy atom. The van der Waals surface area contributed by atoms with E-state index in [1.807, 2.05) is 10.8 Å². The standard InChI is InChI=1S/C28H29N5O2/c1-32(22-6-8-23(9-7-22)33-15-14-30-19-33)24-10-11-25-20(16-24)4-3-5-21(25)17-31-27-18-29-13-12-26(27)28(34)35-2/h6-16,18-19,21,31H,3-5,17H2,1-2H3/t21-/m0/s1. The summed E-state index contributed by atoms with van der Waals surface area (Å²) in [6.45, 7) is 0.744. The number of aryl methyl sites for hydroxylation is 1. The van der Waals surface area contributed by atoms with Gasteiger partial charge in [0, 0.05) is 55.2 Å². The second-order valence-corrected chi connectivity index (χ2v) is 8.81. The number of hydrogen-bond donors (Lipinski definition) is 1. The van der Waals surface area contributed by atoms with Crippen molar-refractivity contribution in [3.05, 3.63) is 96.3 Å². The van der Waals surface area contributed by atoms with Crippen molar-refractivity contribution in [2.24, 2.45) is 0 Å². The van der Waals surface area contributed by atoms with E-state index in [1.54, 1.807) is 31.0 Å². The van der Waals surface area contributed by atoms with Gasteiger partial charge in [-0.05, 0) is 72.9 Å². The second-order valence-electron chi connectivity index (χ2n) is 8.81. The fourth-order valence-electron chi connectivity index (χ4n) is 4.79. The predicted octanol–water partition coefficient (Wildman–Crippen LogP) is 5.35. The van der Waals surface area contributed by atoms with Crippen LogP contribution in [0.1, 0.15) is 40.2 Å². The van der Waals surface area contributed by atoms with Gasteiger partial charge in [0.05, 0.1) is 30.9 Å². The Balaban J connectivity index is 1.31.